The molecule has 58 valence electrons. The predicted molar refractivity (Wildman–Crippen MR) is 39.7 cm³/mol. The van der Waals surface area contributed by atoms with E-state index < -0.39 is 0 Å². The van der Waals surface area contributed by atoms with E-state index >= 15 is 0 Å². The second kappa shape index (κ2) is 5.15. The van der Waals surface area contributed by atoms with Crippen LogP contribution in [0.1, 0.15) is 26.7 Å². The summed E-state index contributed by atoms with van der Waals surface area (Å²) >= 11 is 0. The molecule has 0 N–H and O–H groups in total. The van der Waals surface area contributed by atoms with Crippen LogP contribution in [0.2, 0.25) is 0 Å². The summed E-state index contributed by atoms with van der Waals surface area (Å²) in [5.41, 5.74) is 0. The van der Waals surface area contributed by atoms with E-state index in [-0.39, 0.29) is 5.92 Å². The van der Waals surface area contributed by atoms with Gasteiger partial charge in [0.15, 0.2) is 0 Å². The van der Waals surface area contributed by atoms with Crippen molar-refractivity contribution < 1.29 is 9.59 Å². The molecule has 0 amide bonds. The fraction of sp³-hybridized carbons (Fsp3) is 0.750. The van der Waals surface area contributed by atoms with Crippen LogP contribution >= 0.6 is 0 Å². The zero-order valence-corrected chi connectivity index (χ0v) is 6.54. The van der Waals surface area contributed by atoms with Gasteiger partial charge in [0.2, 0.25) is 0 Å². The minimum absolute atomic E-state index is 0.245. The van der Waals surface area contributed by atoms with Crippen LogP contribution in [0.5, 0.6) is 0 Å². The highest BCUT2D eigenvalue weighted by atomic mass is 16.1. The number of hydrogen-bond acceptors (Lipinski definition) is 2. The van der Waals surface area contributed by atoms with Crippen LogP contribution in [0.15, 0.2) is 0 Å². The maximum Gasteiger partial charge on any atom is 0.120 e. The molecule has 0 aliphatic rings. The quantitative estimate of drug-likeness (QED) is 0.544. The van der Waals surface area contributed by atoms with E-state index in [0.29, 0.717) is 18.8 Å². The Bertz CT molecular complexity index is 97.8. The first-order valence-electron chi connectivity index (χ1n) is 3.59. The molecule has 0 radical (unpaired) electrons. The standard InChI is InChI=1S/C8H14O2/c1-7(2)8(3-5-9)4-6-10/h5-8H,3-4H2,1-2H3. The molecule has 0 bridgehead atoms. The Morgan fingerprint density at radius 2 is 1.50 bits per heavy atom. The lowest BCUT2D eigenvalue weighted by Gasteiger charge is -2.13. The Morgan fingerprint density at radius 3 is 1.70 bits per heavy atom. The van der Waals surface area contributed by atoms with Crippen molar-refractivity contribution >= 4 is 12.6 Å². The van der Waals surface area contributed by atoms with Crippen LogP contribution in [-0.2, 0) is 9.59 Å². The van der Waals surface area contributed by atoms with Crippen molar-refractivity contribution in [1.29, 1.82) is 0 Å². The average molecular weight is 142 g/mol. The largest absolute Gasteiger partial charge is 0.303 e. The van der Waals surface area contributed by atoms with Crippen LogP contribution < -0.4 is 0 Å². The van der Waals surface area contributed by atoms with Gasteiger partial charge in [-0.25, -0.2) is 0 Å². The van der Waals surface area contributed by atoms with Gasteiger partial charge < -0.3 is 9.59 Å². The number of aldehydes is 2. The van der Waals surface area contributed by atoms with E-state index in [0.717, 1.165) is 12.6 Å². The highest BCUT2D eigenvalue weighted by molar-refractivity contribution is 5.54. The molecule has 0 atom stereocenters. The number of rotatable bonds is 5. The van der Waals surface area contributed by atoms with E-state index in [1.807, 2.05) is 13.8 Å². The zero-order valence-electron chi connectivity index (χ0n) is 6.54. The Hall–Kier alpha value is -0.660. The molecule has 0 aliphatic carbocycles. The second-order valence-electron chi connectivity index (χ2n) is 2.81. The van der Waals surface area contributed by atoms with Crippen molar-refractivity contribution in [1.82, 2.24) is 0 Å². The van der Waals surface area contributed by atoms with Gasteiger partial charge in [0.05, 0.1) is 0 Å². The molecule has 0 saturated heterocycles. The van der Waals surface area contributed by atoms with Gasteiger partial charge in [0.25, 0.3) is 0 Å². The van der Waals surface area contributed by atoms with Gasteiger partial charge in [-0.1, -0.05) is 13.8 Å². The highest BCUT2D eigenvalue weighted by Crippen LogP contribution is 2.16. The lowest BCUT2D eigenvalue weighted by Crippen LogP contribution is -2.09. The second-order valence-corrected chi connectivity index (χ2v) is 2.81. The van der Waals surface area contributed by atoms with Crippen molar-refractivity contribution in [3.8, 4) is 0 Å². The fourth-order valence-electron chi connectivity index (χ4n) is 0.888. The van der Waals surface area contributed by atoms with Crippen molar-refractivity contribution in [2.45, 2.75) is 26.7 Å². The molecule has 2 heteroatoms. The molecule has 0 aromatic carbocycles. The summed E-state index contributed by atoms with van der Waals surface area (Å²) in [6, 6.07) is 0. The Kier molecular flexibility index (Phi) is 4.81. The van der Waals surface area contributed by atoms with Crippen LogP contribution in [0.3, 0.4) is 0 Å². The molecule has 2 nitrogen and oxygen atoms in total. The molecular weight excluding hydrogens is 128 g/mol. The first-order chi connectivity index (χ1) is 4.72. The lowest BCUT2D eigenvalue weighted by molar-refractivity contribution is -0.110. The molecule has 0 heterocycles. The first kappa shape index (κ1) is 9.34. The SMILES string of the molecule is CC(C)C(CC=O)CC=O. The maximum atomic E-state index is 10.1. The Morgan fingerprint density at radius 1 is 1.10 bits per heavy atom. The summed E-state index contributed by atoms with van der Waals surface area (Å²) in [6.45, 7) is 4.05. The summed E-state index contributed by atoms with van der Waals surface area (Å²) < 4.78 is 0. The van der Waals surface area contributed by atoms with E-state index in [1.165, 1.54) is 0 Å². The molecule has 0 fully saturated rings. The van der Waals surface area contributed by atoms with Gasteiger partial charge >= 0.3 is 0 Å². The Labute approximate surface area is 61.6 Å². The van der Waals surface area contributed by atoms with Crippen LogP contribution in [0.4, 0.5) is 0 Å². The first-order valence-corrected chi connectivity index (χ1v) is 3.59. The third kappa shape index (κ3) is 3.38. The highest BCUT2D eigenvalue weighted by Gasteiger charge is 2.11. The third-order valence-corrected chi connectivity index (χ3v) is 1.74. The van der Waals surface area contributed by atoms with E-state index in [9.17, 15) is 9.59 Å². The molecule has 0 aliphatic heterocycles. The minimum atomic E-state index is 0.245. The van der Waals surface area contributed by atoms with Crippen LogP contribution in [-0.4, -0.2) is 12.6 Å². The number of hydrogen-bond donors (Lipinski definition) is 0. The smallest absolute Gasteiger partial charge is 0.120 e. The molecule has 0 saturated carbocycles. The van der Waals surface area contributed by atoms with E-state index in [1.54, 1.807) is 0 Å². The van der Waals surface area contributed by atoms with Gasteiger partial charge in [-0.2, -0.15) is 0 Å². The van der Waals surface area contributed by atoms with Crippen LogP contribution in [0, 0.1) is 11.8 Å². The Balaban J connectivity index is 3.70. The topological polar surface area (TPSA) is 34.1 Å². The lowest BCUT2D eigenvalue weighted by atomic mass is 9.91. The maximum absolute atomic E-state index is 10.1. The summed E-state index contributed by atoms with van der Waals surface area (Å²) in [7, 11) is 0. The van der Waals surface area contributed by atoms with Gasteiger partial charge in [0.1, 0.15) is 12.6 Å². The molecule has 0 aromatic heterocycles. The summed E-state index contributed by atoms with van der Waals surface area (Å²) in [5.74, 6) is 0.672. The molecule has 0 unspecified atom stereocenters. The predicted octanol–water partition coefficient (Wildman–Crippen LogP) is 1.44. The average Bonchev–Trinajstić information content (AvgIpc) is 1.87. The van der Waals surface area contributed by atoms with Crippen molar-refractivity contribution in [2.75, 3.05) is 0 Å². The molecule has 0 aromatic rings. The van der Waals surface area contributed by atoms with Gasteiger partial charge in [-0.05, 0) is 11.8 Å². The third-order valence-electron chi connectivity index (χ3n) is 1.74. The minimum Gasteiger partial charge on any atom is -0.303 e. The van der Waals surface area contributed by atoms with Crippen molar-refractivity contribution in [3.63, 3.8) is 0 Å². The zero-order chi connectivity index (χ0) is 7.98. The van der Waals surface area contributed by atoms with Gasteiger partial charge in [0, 0.05) is 12.8 Å². The van der Waals surface area contributed by atoms with Crippen LogP contribution in [0.25, 0.3) is 0 Å². The molecule has 10 heavy (non-hydrogen) atoms. The van der Waals surface area contributed by atoms with E-state index in [2.05, 4.69) is 0 Å². The number of carbonyl (C=O) groups is 2. The molecule has 0 spiro atoms. The van der Waals surface area contributed by atoms with E-state index in [4.69, 9.17) is 0 Å². The normalized spacial score (nSPS) is 10.4. The van der Waals surface area contributed by atoms with Crippen molar-refractivity contribution in [2.24, 2.45) is 11.8 Å². The summed E-state index contributed by atoms with van der Waals surface area (Å²) in [6.07, 6.45) is 2.79. The summed E-state index contributed by atoms with van der Waals surface area (Å²) in [5, 5.41) is 0. The number of carbonyl (C=O) groups excluding carboxylic acids is 2. The summed E-state index contributed by atoms with van der Waals surface area (Å²) in [4.78, 5) is 20.2. The monoisotopic (exact) mass is 142 g/mol. The van der Waals surface area contributed by atoms with Gasteiger partial charge in [-0.3, -0.25) is 0 Å². The molecular formula is C8H14O2. The fourth-order valence-corrected chi connectivity index (χ4v) is 0.888. The van der Waals surface area contributed by atoms with Gasteiger partial charge in [-0.15, -0.1) is 0 Å². The van der Waals surface area contributed by atoms with Crippen molar-refractivity contribution in [3.05, 3.63) is 0 Å². The molecule has 0 rings (SSSR count).